The van der Waals surface area contributed by atoms with E-state index >= 15 is 0 Å². The number of pyridine rings is 1. The largest absolute Gasteiger partial charge is 0.481 e. The third-order valence-corrected chi connectivity index (χ3v) is 2.98. The molecule has 6 nitrogen and oxygen atoms in total. The maximum atomic E-state index is 8.66. The number of nitrogens with two attached hydrogens (primary N) is 1. The van der Waals surface area contributed by atoms with Crippen LogP contribution in [0.5, 0.6) is 5.88 Å². The third-order valence-electron chi connectivity index (χ3n) is 2.98. The molecule has 0 saturated heterocycles. The smallest absolute Gasteiger partial charge is 0.213 e. The lowest BCUT2D eigenvalue weighted by Crippen LogP contribution is -2.34. The Morgan fingerprint density at radius 2 is 2.32 bits per heavy atom. The zero-order valence-corrected chi connectivity index (χ0v) is 11.7. The number of aromatic nitrogens is 1. The van der Waals surface area contributed by atoms with Crippen LogP contribution in [0, 0.1) is 5.92 Å². The molecule has 0 spiro atoms. The van der Waals surface area contributed by atoms with Crippen LogP contribution in [0.15, 0.2) is 23.4 Å². The van der Waals surface area contributed by atoms with Crippen molar-refractivity contribution in [1.82, 2.24) is 9.88 Å². The first-order valence-corrected chi connectivity index (χ1v) is 6.30. The van der Waals surface area contributed by atoms with Crippen molar-refractivity contribution in [2.24, 2.45) is 16.8 Å². The number of ether oxygens (including phenoxy) is 1. The van der Waals surface area contributed by atoms with Crippen molar-refractivity contribution in [3.05, 3.63) is 23.9 Å². The van der Waals surface area contributed by atoms with Gasteiger partial charge in [-0.3, -0.25) is 4.90 Å². The minimum atomic E-state index is -0.00411. The molecule has 1 rings (SSSR count). The number of amidine groups is 1. The molecule has 0 aromatic carbocycles. The van der Waals surface area contributed by atoms with Crippen molar-refractivity contribution in [2.45, 2.75) is 20.4 Å². The van der Waals surface area contributed by atoms with Crippen molar-refractivity contribution >= 4 is 5.84 Å². The van der Waals surface area contributed by atoms with E-state index in [0.717, 1.165) is 12.2 Å². The third kappa shape index (κ3) is 4.75. The summed E-state index contributed by atoms with van der Waals surface area (Å²) < 4.78 is 5.10. The summed E-state index contributed by atoms with van der Waals surface area (Å²) in [5, 5.41) is 11.7. The van der Waals surface area contributed by atoms with Crippen LogP contribution < -0.4 is 10.5 Å². The maximum absolute atomic E-state index is 8.66. The van der Waals surface area contributed by atoms with Crippen molar-refractivity contribution < 1.29 is 9.94 Å². The second-order valence-electron chi connectivity index (χ2n) is 4.42. The molecule has 106 valence electrons. The maximum Gasteiger partial charge on any atom is 0.213 e. The average Bonchev–Trinajstić information content (AvgIpc) is 2.45. The Morgan fingerprint density at radius 1 is 1.58 bits per heavy atom. The van der Waals surface area contributed by atoms with Gasteiger partial charge in [0.1, 0.15) is 5.84 Å². The van der Waals surface area contributed by atoms with Gasteiger partial charge in [0.2, 0.25) is 5.88 Å². The van der Waals surface area contributed by atoms with Gasteiger partial charge in [0, 0.05) is 25.1 Å². The van der Waals surface area contributed by atoms with Crippen LogP contribution in [0.2, 0.25) is 0 Å². The van der Waals surface area contributed by atoms with E-state index in [-0.39, 0.29) is 11.8 Å². The molecule has 1 unspecified atom stereocenters. The van der Waals surface area contributed by atoms with Crippen molar-refractivity contribution in [3.8, 4) is 5.88 Å². The highest BCUT2D eigenvalue weighted by Crippen LogP contribution is 2.10. The van der Waals surface area contributed by atoms with E-state index in [4.69, 9.17) is 15.7 Å². The number of rotatable bonds is 7. The Hall–Kier alpha value is -1.82. The van der Waals surface area contributed by atoms with Gasteiger partial charge < -0.3 is 15.7 Å². The Balaban J connectivity index is 2.65. The van der Waals surface area contributed by atoms with Gasteiger partial charge in [0.25, 0.3) is 0 Å². The van der Waals surface area contributed by atoms with Gasteiger partial charge >= 0.3 is 0 Å². The quantitative estimate of drug-likeness (QED) is 0.336. The molecule has 0 aliphatic heterocycles. The highest BCUT2D eigenvalue weighted by atomic mass is 16.5. The molecule has 1 aromatic heterocycles. The molecule has 0 bridgehead atoms. The van der Waals surface area contributed by atoms with Crippen molar-refractivity contribution in [3.63, 3.8) is 0 Å². The summed E-state index contributed by atoms with van der Waals surface area (Å²) in [6.07, 6.45) is 0. The summed E-state index contributed by atoms with van der Waals surface area (Å²) in [6, 6.07) is 5.69. The monoisotopic (exact) mass is 266 g/mol. The molecular formula is C13H22N4O2. The minimum Gasteiger partial charge on any atom is -0.481 e. The first-order chi connectivity index (χ1) is 9.10. The van der Waals surface area contributed by atoms with E-state index in [1.807, 2.05) is 25.1 Å². The summed E-state index contributed by atoms with van der Waals surface area (Å²) in [5.74, 6) is 0.852. The lowest BCUT2D eigenvalue weighted by atomic mass is 10.1. The minimum absolute atomic E-state index is 0.00411. The van der Waals surface area contributed by atoms with Crippen LogP contribution in [-0.4, -0.2) is 41.1 Å². The summed E-state index contributed by atoms with van der Waals surface area (Å²) in [6.45, 7) is 6.28. The molecule has 0 radical (unpaired) electrons. The van der Waals surface area contributed by atoms with Crippen LogP contribution >= 0.6 is 0 Å². The first kappa shape index (κ1) is 15.2. The van der Waals surface area contributed by atoms with Crippen LogP contribution in [0.4, 0.5) is 0 Å². The molecule has 0 fully saturated rings. The number of hydrogen-bond acceptors (Lipinski definition) is 5. The second kappa shape index (κ2) is 7.58. The predicted molar refractivity (Wildman–Crippen MR) is 74.3 cm³/mol. The van der Waals surface area contributed by atoms with Crippen LogP contribution in [-0.2, 0) is 6.54 Å². The van der Waals surface area contributed by atoms with Gasteiger partial charge in [0.05, 0.1) is 12.8 Å². The van der Waals surface area contributed by atoms with Gasteiger partial charge in [-0.1, -0.05) is 25.1 Å². The summed E-state index contributed by atoms with van der Waals surface area (Å²) in [7, 11) is 1.60. The lowest BCUT2D eigenvalue weighted by molar-refractivity contribution is 0.254. The Bertz CT molecular complexity index is 423. The fourth-order valence-corrected chi connectivity index (χ4v) is 1.77. The first-order valence-electron chi connectivity index (χ1n) is 6.30. The van der Waals surface area contributed by atoms with Crippen LogP contribution in [0.1, 0.15) is 19.5 Å². The highest BCUT2D eigenvalue weighted by Gasteiger charge is 2.13. The van der Waals surface area contributed by atoms with Crippen molar-refractivity contribution in [2.75, 3.05) is 20.2 Å². The SMILES string of the molecule is CCN(Cc1cccc(OC)n1)CC(C)C(N)=NO. The normalized spacial score (nSPS) is 13.6. The predicted octanol–water partition coefficient (Wildman–Crippen LogP) is 1.29. The van der Waals surface area contributed by atoms with Gasteiger partial charge in [0.15, 0.2) is 0 Å². The van der Waals surface area contributed by atoms with Crippen molar-refractivity contribution in [1.29, 1.82) is 0 Å². The molecule has 1 atom stereocenters. The van der Waals surface area contributed by atoms with Gasteiger partial charge in [-0.2, -0.15) is 0 Å². The number of methoxy groups -OCH3 is 1. The topological polar surface area (TPSA) is 84.0 Å². The molecule has 0 saturated carbocycles. The fourth-order valence-electron chi connectivity index (χ4n) is 1.77. The van der Waals surface area contributed by atoms with Crippen LogP contribution in [0.3, 0.4) is 0 Å². The summed E-state index contributed by atoms with van der Waals surface area (Å²) >= 11 is 0. The molecule has 1 aromatic rings. The van der Waals surface area contributed by atoms with E-state index in [1.165, 1.54) is 0 Å². The fraction of sp³-hybridized carbons (Fsp3) is 0.538. The molecule has 6 heteroatoms. The van der Waals surface area contributed by atoms with E-state index in [9.17, 15) is 0 Å². The van der Waals surface area contributed by atoms with Gasteiger partial charge in [-0.15, -0.1) is 0 Å². The van der Waals surface area contributed by atoms with E-state index in [0.29, 0.717) is 19.0 Å². The summed E-state index contributed by atoms with van der Waals surface area (Å²) in [5.41, 5.74) is 6.53. The molecule has 0 amide bonds. The van der Waals surface area contributed by atoms with E-state index in [1.54, 1.807) is 7.11 Å². The Kier molecular flexibility index (Phi) is 6.08. The van der Waals surface area contributed by atoms with Gasteiger partial charge in [-0.25, -0.2) is 4.98 Å². The average molecular weight is 266 g/mol. The molecular weight excluding hydrogens is 244 g/mol. The van der Waals surface area contributed by atoms with Gasteiger partial charge in [-0.05, 0) is 12.6 Å². The Morgan fingerprint density at radius 3 is 2.89 bits per heavy atom. The van der Waals surface area contributed by atoms with E-state index in [2.05, 4.69) is 22.0 Å². The number of nitrogens with zero attached hydrogens (tertiary/aromatic N) is 3. The zero-order chi connectivity index (χ0) is 14.3. The highest BCUT2D eigenvalue weighted by molar-refractivity contribution is 5.82. The second-order valence-corrected chi connectivity index (χ2v) is 4.42. The molecule has 3 N–H and O–H groups in total. The molecule has 0 aliphatic rings. The standard InChI is InChI=1S/C13H22N4O2/c1-4-17(8-10(2)13(14)16-18)9-11-6-5-7-12(15-11)19-3/h5-7,10,18H,4,8-9H2,1-3H3,(H2,14,16). The zero-order valence-electron chi connectivity index (χ0n) is 11.7. The number of hydrogen-bond donors (Lipinski definition) is 2. The molecule has 19 heavy (non-hydrogen) atoms. The molecule has 1 heterocycles. The lowest BCUT2D eigenvalue weighted by Gasteiger charge is -2.23. The molecule has 0 aliphatic carbocycles. The number of oxime groups is 1. The summed E-state index contributed by atoms with van der Waals surface area (Å²) in [4.78, 5) is 6.56. The Labute approximate surface area is 113 Å². The van der Waals surface area contributed by atoms with Crippen LogP contribution in [0.25, 0.3) is 0 Å². The van der Waals surface area contributed by atoms with E-state index < -0.39 is 0 Å².